The Kier molecular flexibility index (Phi) is 4.14. The van der Waals surface area contributed by atoms with Crippen molar-refractivity contribution in [3.05, 3.63) is 0 Å². The minimum atomic E-state index is -0.785. The average Bonchev–Trinajstić information content (AvgIpc) is 2.33. The van der Waals surface area contributed by atoms with Crippen LogP contribution >= 0.6 is 11.8 Å². The van der Waals surface area contributed by atoms with E-state index < -0.39 is 17.3 Å². The second kappa shape index (κ2) is 5.39. The van der Waals surface area contributed by atoms with Gasteiger partial charge in [0.25, 0.3) is 0 Å². The normalized spacial score (nSPS) is 34.1. The Labute approximate surface area is 123 Å². The highest BCUT2D eigenvalue weighted by Crippen LogP contribution is 2.47. The van der Waals surface area contributed by atoms with E-state index in [1.807, 2.05) is 20.8 Å². The first-order chi connectivity index (χ1) is 9.26. The molecule has 0 radical (unpaired) electrons. The van der Waals surface area contributed by atoms with Gasteiger partial charge in [-0.25, -0.2) is 0 Å². The first-order valence-electron chi connectivity index (χ1n) is 6.92. The fourth-order valence-corrected chi connectivity index (χ4v) is 4.17. The maximum absolute atomic E-state index is 12.0. The van der Waals surface area contributed by atoms with E-state index in [0.29, 0.717) is 24.3 Å². The van der Waals surface area contributed by atoms with Crippen LogP contribution in [-0.4, -0.2) is 45.3 Å². The highest BCUT2D eigenvalue weighted by atomic mass is 32.2. The molecule has 0 aromatic carbocycles. The average molecular weight is 299 g/mol. The maximum Gasteiger partial charge on any atom is 0.307 e. The van der Waals surface area contributed by atoms with Gasteiger partial charge in [0.15, 0.2) is 0 Å². The van der Waals surface area contributed by atoms with Gasteiger partial charge in [0, 0.05) is 6.04 Å². The van der Waals surface area contributed by atoms with Crippen molar-refractivity contribution in [2.75, 3.05) is 11.5 Å². The quantitative estimate of drug-likeness (QED) is 0.784. The van der Waals surface area contributed by atoms with Crippen LogP contribution < -0.4 is 0 Å². The number of carboxylic acid groups (broad SMARTS) is 1. The molecule has 1 saturated heterocycles. The van der Waals surface area contributed by atoms with Crippen molar-refractivity contribution in [1.29, 1.82) is 0 Å². The first kappa shape index (κ1) is 15.4. The molecule has 5 nitrogen and oxygen atoms in total. The van der Waals surface area contributed by atoms with Crippen LogP contribution in [0.4, 0.5) is 0 Å². The van der Waals surface area contributed by atoms with Gasteiger partial charge < -0.3 is 5.11 Å². The summed E-state index contributed by atoms with van der Waals surface area (Å²) in [7, 11) is 0. The molecular weight excluding hydrogens is 278 g/mol. The molecule has 1 saturated carbocycles. The number of rotatable bonds is 2. The van der Waals surface area contributed by atoms with E-state index in [1.54, 1.807) is 0 Å². The Morgan fingerprint density at radius 2 is 1.80 bits per heavy atom. The molecule has 1 aliphatic carbocycles. The number of imide groups is 1. The van der Waals surface area contributed by atoms with E-state index in [1.165, 1.54) is 16.7 Å². The molecule has 1 aliphatic heterocycles. The van der Waals surface area contributed by atoms with Crippen LogP contribution in [0.25, 0.3) is 0 Å². The van der Waals surface area contributed by atoms with Gasteiger partial charge >= 0.3 is 5.97 Å². The molecule has 0 aromatic heterocycles. The molecule has 6 heteroatoms. The summed E-state index contributed by atoms with van der Waals surface area (Å²) < 4.78 is 0. The maximum atomic E-state index is 12.0. The summed E-state index contributed by atoms with van der Waals surface area (Å²) in [5.41, 5.74) is -0.431. The molecule has 1 heterocycles. The van der Waals surface area contributed by atoms with Gasteiger partial charge in [-0.1, -0.05) is 20.8 Å². The summed E-state index contributed by atoms with van der Waals surface area (Å²) in [6.45, 7) is 5.81. The Morgan fingerprint density at radius 3 is 2.30 bits per heavy atom. The second-order valence-electron chi connectivity index (χ2n) is 6.30. The lowest BCUT2D eigenvalue weighted by Crippen LogP contribution is -2.57. The Hall–Kier alpha value is -1.04. The fourth-order valence-electron chi connectivity index (χ4n) is 3.44. The number of aliphatic carboxylic acids is 1. The van der Waals surface area contributed by atoms with Crippen molar-refractivity contribution in [1.82, 2.24) is 4.90 Å². The minimum Gasteiger partial charge on any atom is -0.481 e. The molecule has 2 amide bonds. The van der Waals surface area contributed by atoms with E-state index in [0.717, 1.165) is 0 Å². The molecule has 0 bridgehead atoms. The van der Waals surface area contributed by atoms with Crippen LogP contribution in [0, 0.1) is 17.3 Å². The third-order valence-corrected chi connectivity index (χ3v) is 5.92. The van der Waals surface area contributed by atoms with Crippen molar-refractivity contribution in [2.24, 2.45) is 17.3 Å². The number of carbonyl (C=O) groups is 3. The molecule has 3 unspecified atom stereocenters. The highest BCUT2D eigenvalue weighted by Gasteiger charge is 2.50. The van der Waals surface area contributed by atoms with Crippen LogP contribution in [0.5, 0.6) is 0 Å². The first-order valence-corrected chi connectivity index (χ1v) is 8.07. The Balaban J connectivity index is 2.25. The Bertz CT molecular complexity index is 432. The van der Waals surface area contributed by atoms with Crippen molar-refractivity contribution in [2.45, 2.75) is 39.7 Å². The smallest absolute Gasteiger partial charge is 0.307 e. The molecule has 2 rings (SSSR count). The van der Waals surface area contributed by atoms with Crippen molar-refractivity contribution in [3.63, 3.8) is 0 Å². The predicted molar refractivity (Wildman–Crippen MR) is 76.3 cm³/mol. The van der Waals surface area contributed by atoms with Crippen molar-refractivity contribution < 1.29 is 19.5 Å². The van der Waals surface area contributed by atoms with E-state index in [2.05, 4.69) is 0 Å². The van der Waals surface area contributed by atoms with Crippen LogP contribution in [0.15, 0.2) is 0 Å². The lowest BCUT2D eigenvalue weighted by molar-refractivity contribution is -0.156. The zero-order valence-electron chi connectivity index (χ0n) is 12.1. The third-order valence-electron chi connectivity index (χ3n) is 5.02. The summed E-state index contributed by atoms with van der Waals surface area (Å²) >= 11 is 1.35. The van der Waals surface area contributed by atoms with E-state index in [4.69, 9.17) is 0 Å². The van der Waals surface area contributed by atoms with Gasteiger partial charge in [-0.05, 0) is 24.2 Å². The lowest BCUT2D eigenvalue weighted by Gasteiger charge is -2.49. The van der Waals surface area contributed by atoms with Gasteiger partial charge in [0.05, 0.1) is 17.4 Å². The molecule has 1 N–H and O–H groups in total. The van der Waals surface area contributed by atoms with Crippen LogP contribution in [0.3, 0.4) is 0 Å². The van der Waals surface area contributed by atoms with Gasteiger partial charge in [-0.3, -0.25) is 19.3 Å². The van der Waals surface area contributed by atoms with Gasteiger partial charge in [-0.15, -0.1) is 11.8 Å². The summed E-state index contributed by atoms with van der Waals surface area (Å²) in [5.74, 6) is -0.797. The van der Waals surface area contributed by atoms with Crippen molar-refractivity contribution >= 4 is 29.5 Å². The number of nitrogens with zero attached hydrogens (tertiary/aromatic N) is 1. The second-order valence-corrected chi connectivity index (χ2v) is 7.28. The minimum absolute atomic E-state index is 0.0200. The molecule has 0 aromatic rings. The topological polar surface area (TPSA) is 74.7 Å². The molecular formula is C14H21NO4S. The van der Waals surface area contributed by atoms with Crippen molar-refractivity contribution in [3.8, 4) is 0 Å². The number of hydrogen-bond acceptors (Lipinski definition) is 4. The number of carbonyl (C=O) groups excluding carboxylic acids is 2. The van der Waals surface area contributed by atoms with Gasteiger partial charge in [-0.2, -0.15) is 0 Å². The van der Waals surface area contributed by atoms with E-state index in [9.17, 15) is 19.5 Å². The highest BCUT2D eigenvalue weighted by molar-refractivity contribution is 8.00. The van der Waals surface area contributed by atoms with E-state index >= 15 is 0 Å². The SMILES string of the molecule is CC1C(N2C(=O)CSCC2=O)CCC(C(=O)O)C1(C)C. The molecule has 20 heavy (non-hydrogen) atoms. The number of amides is 2. The lowest BCUT2D eigenvalue weighted by atomic mass is 9.60. The van der Waals surface area contributed by atoms with Crippen LogP contribution in [0.2, 0.25) is 0 Å². The van der Waals surface area contributed by atoms with Crippen LogP contribution in [-0.2, 0) is 14.4 Å². The van der Waals surface area contributed by atoms with Crippen LogP contribution in [0.1, 0.15) is 33.6 Å². The molecule has 112 valence electrons. The zero-order chi connectivity index (χ0) is 15.1. The molecule has 2 aliphatic rings. The monoisotopic (exact) mass is 299 g/mol. The molecule has 3 atom stereocenters. The molecule has 2 fully saturated rings. The predicted octanol–water partition coefficient (Wildman–Crippen LogP) is 1.61. The van der Waals surface area contributed by atoms with Gasteiger partial charge in [0.2, 0.25) is 11.8 Å². The summed E-state index contributed by atoms with van der Waals surface area (Å²) in [4.78, 5) is 36.9. The standard InChI is InChI=1S/C14H21NO4S/c1-8-10(15-11(16)6-20-7-12(15)17)5-4-9(13(18)19)14(8,2)3/h8-10H,4-7H2,1-3H3,(H,18,19). The number of hydrogen-bond donors (Lipinski definition) is 1. The summed E-state index contributed by atoms with van der Waals surface area (Å²) in [6, 6.07) is -0.165. The Morgan fingerprint density at radius 1 is 1.25 bits per heavy atom. The number of carboxylic acids is 1. The summed E-state index contributed by atoms with van der Waals surface area (Å²) in [5, 5.41) is 9.34. The van der Waals surface area contributed by atoms with Gasteiger partial charge in [0.1, 0.15) is 0 Å². The number of thioether (sulfide) groups is 1. The van der Waals surface area contributed by atoms with E-state index in [-0.39, 0.29) is 23.8 Å². The summed E-state index contributed by atoms with van der Waals surface area (Å²) in [6.07, 6.45) is 1.10. The fraction of sp³-hybridized carbons (Fsp3) is 0.786. The zero-order valence-corrected chi connectivity index (χ0v) is 12.9. The largest absolute Gasteiger partial charge is 0.481 e. The molecule has 0 spiro atoms. The third kappa shape index (κ3) is 2.45.